The van der Waals surface area contributed by atoms with E-state index < -0.39 is 5.54 Å². The van der Waals surface area contributed by atoms with Crippen molar-refractivity contribution in [2.24, 2.45) is 11.7 Å². The Morgan fingerprint density at radius 1 is 1.43 bits per heavy atom. The van der Waals surface area contributed by atoms with E-state index >= 15 is 0 Å². The molecule has 0 aromatic heterocycles. The molecule has 1 saturated carbocycles. The fourth-order valence-corrected chi connectivity index (χ4v) is 2.31. The van der Waals surface area contributed by atoms with Gasteiger partial charge < -0.3 is 5.73 Å². The fraction of sp³-hybridized carbons (Fsp3) is 0.750. The molecule has 1 aliphatic rings. The van der Waals surface area contributed by atoms with Gasteiger partial charge in [0.25, 0.3) is 0 Å². The molecule has 2 nitrogen and oxygen atoms in total. The van der Waals surface area contributed by atoms with Gasteiger partial charge in [0, 0.05) is 0 Å². The molecule has 2 N–H and O–H groups in total. The number of hydrogen-bond donors (Lipinski definition) is 1. The third kappa shape index (κ3) is 2.59. The van der Waals surface area contributed by atoms with Gasteiger partial charge in [0.2, 0.25) is 0 Å². The summed E-state index contributed by atoms with van der Waals surface area (Å²) in [5.41, 5.74) is 5.55. The highest BCUT2D eigenvalue weighted by atomic mass is 14.8. The van der Waals surface area contributed by atoms with E-state index in [0.717, 1.165) is 25.7 Å². The van der Waals surface area contributed by atoms with Crippen LogP contribution in [0.3, 0.4) is 0 Å². The second-order valence-electron chi connectivity index (χ2n) is 4.31. The van der Waals surface area contributed by atoms with Crippen molar-refractivity contribution in [3.8, 4) is 6.07 Å². The fourth-order valence-electron chi connectivity index (χ4n) is 2.31. The highest BCUT2D eigenvalue weighted by Crippen LogP contribution is 2.33. The third-order valence-corrected chi connectivity index (χ3v) is 3.30. The summed E-state index contributed by atoms with van der Waals surface area (Å²) in [5.74, 6) is 0.404. The van der Waals surface area contributed by atoms with Crippen molar-refractivity contribution in [2.75, 3.05) is 0 Å². The lowest BCUT2D eigenvalue weighted by molar-refractivity contribution is 0.244. The number of rotatable bonds is 4. The van der Waals surface area contributed by atoms with Crippen molar-refractivity contribution in [3.63, 3.8) is 0 Å². The molecule has 1 aliphatic carbocycles. The molecule has 0 amide bonds. The van der Waals surface area contributed by atoms with E-state index in [1.165, 1.54) is 19.3 Å². The molecule has 0 heterocycles. The molecular formula is C12H20N2. The Hall–Kier alpha value is -0.810. The van der Waals surface area contributed by atoms with Gasteiger partial charge in [-0.25, -0.2) is 0 Å². The van der Waals surface area contributed by atoms with Crippen molar-refractivity contribution in [1.82, 2.24) is 0 Å². The van der Waals surface area contributed by atoms with Crippen molar-refractivity contribution in [3.05, 3.63) is 12.7 Å². The number of nitrogens with zero attached hydrogens (tertiary/aromatic N) is 1. The van der Waals surface area contributed by atoms with E-state index in [4.69, 9.17) is 11.0 Å². The summed E-state index contributed by atoms with van der Waals surface area (Å²) in [6.45, 7) is 3.68. The molecule has 0 radical (unpaired) electrons. The standard InChI is InChI=1S/C12H20N2/c1-2-3-9-12(14,10-13)11-7-5-4-6-8-11/h2,11H,1,3-9,14H2. The molecule has 0 aromatic rings. The van der Waals surface area contributed by atoms with E-state index in [1.54, 1.807) is 0 Å². The summed E-state index contributed by atoms with van der Waals surface area (Å²) >= 11 is 0. The predicted octanol–water partition coefficient (Wildman–Crippen LogP) is 2.75. The molecule has 1 unspecified atom stereocenters. The van der Waals surface area contributed by atoms with Gasteiger partial charge in [0.05, 0.1) is 6.07 Å². The van der Waals surface area contributed by atoms with Gasteiger partial charge in [0.15, 0.2) is 0 Å². The Labute approximate surface area is 86.8 Å². The normalized spacial score (nSPS) is 22.3. The smallest absolute Gasteiger partial charge is 0.107 e. The molecule has 1 rings (SSSR count). The predicted molar refractivity (Wildman–Crippen MR) is 58.5 cm³/mol. The monoisotopic (exact) mass is 192 g/mol. The highest BCUT2D eigenvalue weighted by molar-refractivity contribution is 5.09. The molecule has 0 aliphatic heterocycles. The lowest BCUT2D eigenvalue weighted by atomic mass is 9.74. The van der Waals surface area contributed by atoms with Crippen LogP contribution in [0.25, 0.3) is 0 Å². The highest BCUT2D eigenvalue weighted by Gasteiger charge is 2.34. The van der Waals surface area contributed by atoms with Crippen LogP contribution in [-0.2, 0) is 0 Å². The van der Waals surface area contributed by atoms with Crippen molar-refractivity contribution >= 4 is 0 Å². The Balaban J connectivity index is 2.57. The first kappa shape index (κ1) is 11.3. The van der Waals surface area contributed by atoms with Crippen LogP contribution >= 0.6 is 0 Å². The number of hydrogen-bond acceptors (Lipinski definition) is 2. The zero-order chi connectivity index (χ0) is 10.4. The number of nitrogens with two attached hydrogens (primary N) is 1. The Morgan fingerprint density at radius 2 is 2.07 bits per heavy atom. The summed E-state index contributed by atoms with van der Waals surface area (Å²) in [4.78, 5) is 0. The first-order valence-electron chi connectivity index (χ1n) is 5.54. The largest absolute Gasteiger partial charge is 0.313 e. The first-order chi connectivity index (χ1) is 6.73. The van der Waals surface area contributed by atoms with Crippen LogP contribution in [0.5, 0.6) is 0 Å². The maximum Gasteiger partial charge on any atom is 0.107 e. The van der Waals surface area contributed by atoms with Crippen LogP contribution in [0.4, 0.5) is 0 Å². The molecule has 78 valence electrons. The van der Waals surface area contributed by atoms with E-state index in [9.17, 15) is 0 Å². The lowest BCUT2D eigenvalue weighted by Gasteiger charge is -2.34. The SMILES string of the molecule is C=CCCC(N)(C#N)C1CCCCC1. The van der Waals surface area contributed by atoms with Gasteiger partial charge in [-0.15, -0.1) is 6.58 Å². The van der Waals surface area contributed by atoms with E-state index in [-0.39, 0.29) is 0 Å². The molecule has 0 bridgehead atoms. The minimum Gasteiger partial charge on any atom is -0.313 e. The Kier molecular flexibility index (Phi) is 4.16. The second kappa shape index (κ2) is 5.17. The van der Waals surface area contributed by atoms with Gasteiger partial charge in [0.1, 0.15) is 5.54 Å². The second-order valence-corrected chi connectivity index (χ2v) is 4.31. The van der Waals surface area contributed by atoms with Crippen LogP contribution < -0.4 is 5.73 Å². The zero-order valence-electron chi connectivity index (χ0n) is 8.84. The number of allylic oxidation sites excluding steroid dienone is 1. The molecule has 14 heavy (non-hydrogen) atoms. The van der Waals surface area contributed by atoms with Gasteiger partial charge in [-0.3, -0.25) is 0 Å². The lowest BCUT2D eigenvalue weighted by Crippen LogP contribution is -2.46. The summed E-state index contributed by atoms with van der Waals surface area (Å²) in [6.07, 6.45) is 9.49. The topological polar surface area (TPSA) is 49.8 Å². The van der Waals surface area contributed by atoms with Crippen LogP contribution in [-0.4, -0.2) is 5.54 Å². The summed E-state index contributed by atoms with van der Waals surface area (Å²) in [6, 6.07) is 2.31. The minimum absolute atomic E-state index is 0.404. The van der Waals surface area contributed by atoms with E-state index in [0.29, 0.717) is 5.92 Å². The van der Waals surface area contributed by atoms with Gasteiger partial charge in [-0.1, -0.05) is 25.3 Å². The van der Waals surface area contributed by atoms with Gasteiger partial charge >= 0.3 is 0 Å². The maximum absolute atomic E-state index is 9.15. The van der Waals surface area contributed by atoms with Crippen molar-refractivity contribution in [2.45, 2.75) is 50.5 Å². The molecule has 2 heteroatoms. The van der Waals surface area contributed by atoms with E-state index in [1.807, 2.05) is 6.08 Å². The molecular weight excluding hydrogens is 172 g/mol. The average molecular weight is 192 g/mol. The van der Waals surface area contributed by atoms with Crippen molar-refractivity contribution in [1.29, 1.82) is 5.26 Å². The molecule has 0 saturated heterocycles. The van der Waals surface area contributed by atoms with E-state index in [2.05, 4.69) is 12.6 Å². The minimum atomic E-state index is -0.603. The average Bonchev–Trinajstić information content (AvgIpc) is 2.27. The molecule has 1 fully saturated rings. The number of nitriles is 1. The third-order valence-electron chi connectivity index (χ3n) is 3.30. The summed E-state index contributed by atoms with van der Waals surface area (Å²) < 4.78 is 0. The zero-order valence-corrected chi connectivity index (χ0v) is 8.84. The van der Waals surface area contributed by atoms with Crippen LogP contribution in [0.2, 0.25) is 0 Å². The van der Waals surface area contributed by atoms with Crippen LogP contribution in [0.1, 0.15) is 44.9 Å². The summed E-state index contributed by atoms with van der Waals surface area (Å²) in [7, 11) is 0. The molecule has 0 aromatic carbocycles. The Bertz CT molecular complexity index is 223. The first-order valence-corrected chi connectivity index (χ1v) is 5.54. The molecule has 0 spiro atoms. The quantitative estimate of drug-likeness (QED) is 0.696. The maximum atomic E-state index is 9.15. The van der Waals surface area contributed by atoms with Crippen LogP contribution in [0, 0.1) is 17.2 Å². The summed E-state index contributed by atoms with van der Waals surface area (Å²) in [5, 5.41) is 9.15. The van der Waals surface area contributed by atoms with Crippen LogP contribution in [0.15, 0.2) is 12.7 Å². The van der Waals surface area contributed by atoms with Gasteiger partial charge in [-0.2, -0.15) is 5.26 Å². The van der Waals surface area contributed by atoms with Gasteiger partial charge in [-0.05, 0) is 31.6 Å². The van der Waals surface area contributed by atoms with Crippen molar-refractivity contribution < 1.29 is 0 Å². The molecule has 1 atom stereocenters. The Morgan fingerprint density at radius 3 is 2.57 bits per heavy atom.